The molecule has 0 aromatic carbocycles. The van der Waals surface area contributed by atoms with E-state index in [0.29, 0.717) is 17.2 Å². The minimum atomic E-state index is 0.0966. The van der Waals surface area contributed by atoms with Crippen LogP contribution < -0.4 is 0 Å². The first-order chi connectivity index (χ1) is 11.7. The van der Waals surface area contributed by atoms with Gasteiger partial charge in [0.1, 0.15) is 5.69 Å². The number of hydrogen-bond acceptors (Lipinski definition) is 4. The first-order valence-electron chi connectivity index (χ1n) is 9.36. The Kier molecular flexibility index (Phi) is 4.35. The molecule has 4 rings (SSSR count). The molecule has 2 saturated heterocycles. The van der Waals surface area contributed by atoms with Gasteiger partial charge in [-0.25, -0.2) is 0 Å². The second-order valence-electron chi connectivity index (χ2n) is 7.41. The maximum Gasteiger partial charge on any atom is 0.274 e. The summed E-state index contributed by atoms with van der Waals surface area (Å²) in [5.41, 5.74) is 1.03. The molecule has 3 fully saturated rings. The Hall–Kier alpha value is -1.40. The van der Waals surface area contributed by atoms with Crippen molar-refractivity contribution in [2.75, 3.05) is 39.4 Å². The highest BCUT2D eigenvalue weighted by Gasteiger charge is 2.51. The fourth-order valence-corrected chi connectivity index (χ4v) is 4.69. The Morgan fingerprint density at radius 2 is 2.00 bits per heavy atom. The normalized spacial score (nSPS) is 27.2. The van der Waals surface area contributed by atoms with E-state index in [-0.39, 0.29) is 5.91 Å². The standard InChI is InChI=1S/C18H28N4O2/c1-2-22-8-4-15(19-22)17(23)21-9-6-18(7-10-21)5-3-16(18)20-11-13-24-14-12-20/h4,8,16H,2-3,5-7,9-14H2,1H3. The highest BCUT2D eigenvalue weighted by molar-refractivity contribution is 5.92. The number of aryl methyl sites for hydroxylation is 1. The molecule has 0 N–H and O–H groups in total. The number of morpholine rings is 1. The summed E-state index contributed by atoms with van der Waals surface area (Å²) in [7, 11) is 0. The largest absolute Gasteiger partial charge is 0.379 e. The third-order valence-electron chi connectivity index (χ3n) is 6.34. The molecule has 1 aromatic heterocycles. The molecule has 1 atom stereocenters. The summed E-state index contributed by atoms with van der Waals surface area (Å²) in [5.74, 6) is 0.0966. The van der Waals surface area contributed by atoms with Gasteiger partial charge in [0.05, 0.1) is 13.2 Å². The minimum absolute atomic E-state index is 0.0966. The molecular formula is C18H28N4O2. The summed E-state index contributed by atoms with van der Waals surface area (Å²) in [6.45, 7) is 8.48. The van der Waals surface area contributed by atoms with Crippen LogP contribution in [0.25, 0.3) is 0 Å². The predicted molar refractivity (Wildman–Crippen MR) is 90.9 cm³/mol. The van der Waals surface area contributed by atoms with E-state index in [1.165, 1.54) is 12.8 Å². The molecule has 3 heterocycles. The Bertz CT molecular complexity index is 586. The van der Waals surface area contributed by atoms with Gasteiger partial charge in [0, 0.05) is 45.0 Å². The van der Waals surface area contributed by atoms with Crippen LogP contribution in [-0.2, 0) is 11.3 Å². The smallest absolute Gasteiger partial charge is 0.274 e. The lowest BCUT2D eigenvalue weighted by Crippen LogP contribution is -2.61. The van der Waals surface area contributed by atoms with Gasteiger partial charge in [0.2, 0.25) is 0 Å². The number of amides is 1. The van der Waals surface area contributed by atoms with Crippen molar-refractivity contribution in [3.05, 3.63) is 18.0 Å². The topological polar surface area (TPSA) is 50.6 Å². The molecule has 24 heavy (non-hydrogen) atoms. The number of rotatable bonds is 3. The van der Waals surface area contributed by atoms with Crippen LogP contribution in [0.4, 0.5) is 0 Å². The van der Waals surface area contributed by atoms with Gasteiger partial charge in [-0.3, -0.25) is 14.4 Å². The van der Waals surface area contributed by atoms with Crippen molar-refractivity contribution in [3.63, 3.8) is 0 Å². The molecule has 0 radical (unpaired) electrons. The van der Waals surface area contributed by atoms with Crippen molar-refractivity contribution in [1.29, 1.82) is 0 Å². The van der Waals surface area contributed by atoms with Crippen LogP contribution in [0.5, 0.6) is 0 Å². The number of likely N-dealkylation sites (tertiary alicyclic amines) is 1. The van der Waals surface area contributed by atoms with Gasteiger partial charge in [0.15, 0.2) is 0 Å². The fourth-order valence-electron chi connectivity index (χ4n) is 4.69. The average Bonchev–Trinajstić information content (AvgIpc) is 3.10. The molecule has 132 valence electrons. The van der Waals surface area contributed by atoms with E-state index in [1.54, 1.807) is 0 Å². The number of hydrogen-bond donors (Lipinski definition) is 0. The number of ether oxygens (including phenoxy) is 1. The summed E-state index contributed by atoms with van der Waals surface area (Å²) >= 11 is 0. The second-order valence-corrected chi connectivity index (χ2v) is 7.41. The zero-order chi connectivity index (χ0) is 16.6. The number of nitrogens with zero attached hydrogens (tertiary/aromatic N) is 4. The summed E-state index contributed by atoms with van der Waals surface area (Å²) in [6.07, 6.45) is 6.79. The van der Waals surface area contributed by atoms with E-state index in [0.717, 1.165) is 58.8 Å². The molecule has 1 aliphatic carbocycles. The third kappa shape index (κ3) is 2.75. The van der Waals surface area contributed by atoms with E-state index >= 15 is 0 Å². The van der Waals surface area contributed by atoms with E-state index in [9.17, 15) is 4.79 Å². The molecule has 3 aliphatic rings. The maximum atomic E-state index is 12.7. The van der Waals surface area contributed by atoms with E-state index in [1.807, 2.05) is 28.8 Å². The van der Waals surface area contributed by atoms with Gasteiger partial charge in [-0.2, -0.15) is 5.10 Å². The molecule has 1 unspecified atom stereocenters. The van der Waals surface area contributed by atoms with Crippen molar-refractivity contribution in [2.24, 2.45) is 5.41 Å². The van der Waals surface area contributed by atoms with Crippen LogP contribution in [0.1, 0.15) is 43.1 Å². The maximum absolute atomic E-state index is 12.7. The van der Waals surface area contributed by atoms with Crippen LogP contribution in [0.15, 0.2) is 12.3 Å². The molecule has 0 bridgehead atoms. The highest BCUT2D eigenvalue weighted by atomic mass is 16.5. The molecule has 1 saturated carbocycles. The minimum Gasteiger partial charge on any atom is -0.379 e. The molecule has 1 aromatic rings. The van der Waals surface area contributed by atoms with Gasteiger partial charge in [0.25, 0.3) is 5.91 Å². The number of carbonyl (C=O) groups is 1. The number of carbonyl (C=O) groups excluding carboxylic acids is 1. The quantitative estimate of drug-likeness (QED) is 0.844. The van der Waals surface area contributed by atoms with Crippen LogP contribution in [0.2, 0.25) is 0 Å². The van der Waals surface area contributed by atoms with Crippen molar-refractivity contribution in [2.45, 2.75) is 45.2 Å². The number of aromatic nitrogens is 2. The highest BCUT2D eigenvalue weighted by Crippen LogP contribution is 2.51. The van der Waals surface area contributed by atoms with Crippen molar-refractivity contribution in [1.82, 2.24) is 19.6 Å². The molecule has 2 aliphatic heterocycles. The molecule has 1 spiro atoms. The van der Waals surface area contributed by atoms with Crippen molar-refractivity contribution in [3.8, 4) is 0 Å². The third-order valence-corrected chi connectivity index (χ3v) is 6.34. The van der Waals surface area contributed by atoms with Crippen LogP contribution in [-0.4, -0.2) is 70.9 Å². The van der Waals surface area contributed by atoms with Gasteiger partial charge < -0.3 is 9.64 Å². The summed E-state index contributed by atoms with van der Waals surface area (Å²) in [6, 6.07) is 2.55. The van der Waals surface area contributed by atoms with Crippen LogP contribution >= 0.6 is 0 Å². The monoisotopic (exact) mass is 332 g/mol. The second kappa shape index (κ2) is 6.48. The van der Waals surface area contributed by atoms with Gasteiger partial charge in [-0.05, 0) is 44.1 Å². The first kappa shape index (κ1) is 16.1. The summed E-state index contributed by atoms with van der Waals surface area (Å²) in [4.78, 5) is 17.3. The Labute approximate surface area is 143 Å². The lowest BCUT2D eigenvalue weighted by atomic mass is 9.58. The Morgan fingerprint density at radius 1 is 1.25 bits per heavy atom. The van der Waals surface area contributed by atoms with E-state index < -0.39 is 0 Å². The SMILES string of the molecule is CCn1ccc(C(=O)N2CCC3(CCC3N3CCOCC3)CC2)n1. The lowest BCUT2D eigenvalue weighted by molar-refractivity contribution is -0.0937. The number of piperidine rings is 1. The predicted octanol–water partition coefficient (Wildman–Crippen LogP) is 1.62. The Balaban J connectivity index is 1.37. The molecule has 6 nitrogen and oxygen atoms in total. The average molecular weight is 332 g/mol. The summed E-state index contributed by atoms with van der Waals surface area (Å²) < 4.78 is 7.32. The molecule has 1 amide bonds. The van der Waals surface area contributed by atoms with E-state index in [2.05, 4.69) is 10.00 Å². The Morgan fingerprint density at radius 3 is 2.58 bits per heavy atom. The lowest BCUT2D eigenvalue weighted by Gasteiger charge is -2.58. The fraction of sp³-hybridized carbons (Fsp3) is 0.778. The summed E-state index contributed by atoms with van der Waals surface area (Å²) in [5, 5.41) is 4.37. The van der Waals surface area contributed by atoms with E-state index in [4.69, 9.17) is 4.74 Å². The molecule has 6 heteroatoms. The molecular weight excluding hydrogens is 304 g/mol. The van der Waals surface area contributed by atoms with Crippen molar-refractivity contribution >= 4 is 5.91 Å². The first-order valence-corrected chi connectivity index (χ1v) is 9.36. The van der Waals surface area contributed by atoms with Gasteiger partial charge in [-0.15, -0.1) is 0 Å². The van der Waals surface area contributed by atoms with Crippen molar-refractivity contribution < 1.29 is 9.53 Å². The van der Waals surface area contributed by atoms with Gasteiger partial charge in [-0.1, -0.05) is 0 Å². The zero-order valence-electron chi connectivity index (χ0n) is 14.6. The van der Waals surface area contributed by atoms with Gasteiger partial charge >= 0.3 is 0 Å². The van der Waals surface area contributed by atoms with Crippen LogP contribution in [0.3, 0.4) is 0 Å². The zero-order valence-corrected chi connectivity index (χ0v) is 14.6. The van der Waals surface area contributed by atoms with Crippen LogP contribution in [0, 0.1) is 5.41 Å².